The largest absolute Gasteiger partial charge is 0.360 e. The third-order valence-electron chi connectivity index (χ3n) is 5.97. The van der Waals surface area contributed by atoms with E-state index in [4.69, 9.17) is 4.52 Å². The molecule has 156 valence electrons. The topological polar surface area (TPSA) is 58.4 Å². The van der Waals surface area contributed by atoms with Gasteiger partial charge in [0.05, 0.1) is 0 Å². The van der Waals surface area contributed by atoms with E-state index in [1.54, 1.807) is 6.92 Å². The number of nitrogens with one attached hydrogen (secondary N) is 1. The summed E-state index contributed by atoms with van der Waals surface area (Å²) >= 11 is 0. The van der Waals surface area contributed by atoms with Gasteiger partial charge >= 0.3 is 0 Å². The minimum absolute atomic E-state index is 0.158. The maximum atomic E-state index is 13.0. The van der Waals surface area contributed by atoms with Crippen LogP contribution >= 0.6 is 0 Å². The van der Waals surface area contributed by atoms with E-state index in [1.807, 2.05) is 36.4 Å². The minimum Gasteiger partial charge on any atom is -0.360 e. The van der Waals surface area contributed by atoms with Gasteiger partial charge in [-0.3, -0.25) is 9.69 Å². The normalized spacial score (nSPS) is 15.3. The van der Waals surface area contributed by atoms with Gasteiger partial charge < -0.3 is 9.84 Å². The Kier molecular flexibility index (Phi) is 6.29. The molecule has 0 bridgehead atoms. The average Bonchev–Trinajstić information content (AvgIpc) is 3.16. The molecule has 4 rings (SSSR count). The number of rotatable bonds is 6. The summed E-state index contributed by atoms with van der Waals surface area (Å²) in [6.45, 7) is 7.81. The summed E-state index contributed by atoms with van der Waals surface area (Å²) in [6.07, 6.45) is 2.52. The first-order chi connectivity index (χ1) is 14.6. The van der Waals surface area contributed by atoms with Crippen molar-refractivity contribution >= 4 is 5.91 Å². The molecule has 1 fully saturated rings. The third-order valence-corrected chi connectivity index (χ3v) is 5.97. The first-order valence-corrected chi connectivity index (χ1v) is 10.7. The molecule has 2 heterocycles. The van der Waals surface area contributed by atoms with Crippen molar-refractivity contribution in [3.8, 4) is 11.3 Å². The molecule has 0 radical (unpaired) electrons. The molecule has 1 aromatic heterocycles. The van der Waals surface area contributed by atoms with Crippen molar-refractivity contribution in [2.75, 3.05) is 13.1 Å². The molecule has 0 unspecified atom stereocenters. The van der Waals surface area contributed by atoms with Crippen molar-refractivity contribution in [1.29, 1.82) is 0 Å². The van der Waals surface area contributed by atoms with Gasteiger partial charge in [0.2, 0.25) is 0 Å². The lowest BCUT2D eigenvalue weighted by molar-refractivity contribution is 0.0949. The van der Waals surface area contributed by atoms with Gasteiger partial charge in [-0.25, -0.2) is 0 Å². The Labute approximate surface area is 178 Å². The van der Waals surface area contributed by atoms with Crippen LogP contribution in [0.15, 0.2) is 59.1 Å². The van der Waals surface area contributed by atoms with Crippen molar-refractivity contribution in [3.05, 3.63) is 77.0 Å². The molecule has 1 saturated heterocycles. The first kappa shape index (κ1) is 20.4. The van der Waals surface area contributed by atoms with Gasteiger partial charge in [-0.05, 0) is 49.9 Å². The highest BCUT2D eigenvalue weighted by Crippen LogP contribution is 2.25. The SMILES string of the molecule is Cc1onc(-c2ccccc2)c1C(=O)NCc1ccccc1CN1CCC(C)CC1. The number of aromatic nitrogens is 1. The monoisotopic (exact) mass is 403 g/mol. The van der Waals surface area contributed by atoms with Crippen LogP contribution in [0.2, 0.25) is 0 Å². The second kappa shape index (κ2) is 9.26. The number of benzene rings is 2. The Balaban J connectivity index is 1.46. The predicted molar refractivity (Wildman–Crippen MR) is 118 cm³/mol. The highest BCUT2D eigenvalue weighted by atomic mass is 16.5. The summed E-state index contributed by atoms with van der Waals surface area (Å²) < 4.78 is 5.34. The van der Waals surface area contributed by atoms with E-state index in [0.29, 0.717) is 23.6 Å². The fraction of sp³-hybridized carbons (Fsp3) is 0.360. The van der Waals surface area contributed by atoms with Crippen molar-refractivity contribution in [3.63, 3.8) is 0 Å². The number of hydrogen-bond acceptors (Lipinski definition) is 4. The van der Waals surface area contributed by atoms with Crippen molar-refractivity contribution < 1.29 is 9.32 Å². The van der Waals surface area contributed by atoms with Crippen LogP contribution in [0.25, 0.3) is 11.3 Å². The summed E-state index contributed by atoms with van der Waals surface area (Å²) in [7, 11) is 0. The number of carbonyl (C=O) groups excluding carboxylic acids is 1. The molecule has 5 nitrogen and oxygen atoms in total. The Morgan fingerprint density at radius 3 is 2.47 bits per heavy atom. The fourth-order valence-corrected chi connectivity index (χ4v) is 4.04. The lowest BCUT2D eigenvalue weighted by Gasteiger charge is -2.30. The van der Waals surface area contributed by atoms with E-state index < -0.39 is 0 Å². The van der Waals surface area contributed by atoms with Gasteiger partial charge in [0, 0.05) is 18.7 Å². The molecular weight excluding hydrogens is 374 g/mol. The summed E-state index contributed by atoms with van der Waals surface area (Å²) in [6, 6.07) is 18.0. The summed E-state index contributed by atoms with van der Waals surface area (Å²) in [5.74, 6) is 1.19. The molecule has 30 heavy (non-hydrogen) atoms. The molecule has 2 aromatic carbocycles. The maximum Gasteiger partial charge on any atom is 0.257 e. The van der Waals surface area contributed by atoms with Crippen LogP contribution in [-0.2, 0) is 13.1 Å². The predicted octanol–water partition coefficient (Wildman–Crippen LogP) is 4.81. The Morgan fingerprint density at radius 1 is 1.07 bits per heavy atom. The number of likely N-dealkylation sites (tertiary alicyclic amines) is 1. The smallest absolute Gasteiger partial charge is 0.257 e. The van der Waals surface area contributed by atoms with Crippen LogP contribution in [0.5, 0.6) is 0 Å². The zero-order chi connectivity index (χ0) is 20.9. The molecule has 1 amide bonds. The molecule has 5 heteroatoms. The van der Waals surface area contributed by atoms with Crippen molar-refractivity contribution in [2.45, 2.75) is 39.8 Å². The number of nitrogens with zero attached hydrogens (tertiary/aromatic N) is 2. The van der Waals surface area contributed by atoms with E-state index in [-0.39, 0.29) is 5.91 Å². The van der Waals surface area contributed by atoms with Gasteiger partial charge in [-0.2, -0.15) is 0 Å². The van der Waals surface area contributed by atoms with Gasteiger partial charge in [0.15, 0.2) is 0 Å². The molecule has 0 saturated carbocycles. The second-order valence-electron chi connectivity index (χ2n) is 8.24. The van der Waals surface area contributed by atoms with Crippen LogP contribution in [-0.4, -0.2) is 29.1 Å². The lowest BCUT2D eigenvalue weighted by Crippen LogP contribution is -2.33. The lowest BCUT2D eigenvalue weighted by atomic mass is 9.98. The molecule has 1 N–H and O–H groups in total. The molecule has 3 aromatic rings. The maximum absolute atomic E-state index is 13.0. The second-order valence-corrected chi connectivity index (χ2v) is 8.24. The van der Waals surface area contributed by atoms with Crippen LogP contribution in [0.3, 0.4) is 0 Å². The molecule has 0 spiro atoms. The summed E-state index contributed by atoms with van der Waals surface area (Å²) in [5.41, 5.74) is 4.39. The quantitative estimate of drug-likeness (QED) is 0.642. The summed E-state index contributed by atoms with van der Waals surface area (Å²) in [5, 5.41) is 7.20. The van der Waals surface area contributed by atoms with E-state index in [0.717, 1.165) is 36.7 Å². The zero-order valence-corrected chi connectivity index (χ0v) is 17.7. The number of carbonyl (C=O) groups is 1. The highest BCUT2D eigenvalue weighted by molar-refractivity contribution is 6.00. The average molecular weight is 404 g/mol. The number of aryl methyl sites for hydroxylation is 1. The van der Waals surface area contributed by atoms with E-state index in [2.05, 4.69) is 40.5 Å². The van der Waals surface area contributed by atoms with Crippen LogP contribution in [0.4, 0.5) is 0 Å². The van der Waals surface area contributed by atoms with Crippen molar-refractivity contribution in [1.82, 2.24) is 15.4 Å². The molecule has 1 aliphatic heterocycles. The zero-order valence-electron chi connectivity index (χ0n) is 17.7. The first-order valence-electron chi connectivity index (χ1n) is 10.7. The van der Waals surface area contributed by atoms with Crippen LogP contribution in [0.1, 0.15) is 47.0 Å². The van der Waals surface area contributed by atoms with Crippen LogP contribution in [0, 0.1) is 12.8 Å². The van der Waals surface area contributed by atoms with Gasteiger partial charge in [0.25, 0.3) is 5.91 Å². The van der Waals surface area contributed by atoms with E-state index >= 15 is 0 Å². The minimum atomic E-state index is -0.158. The molecular formula is C25H29N3O2. The highest BCUT2D eigenvalue weighted by Gasteiger charge is 2.22. The number of hydrogen-bond donors (Lipinski definition) is 1. The fourth-order valence-electron chi connectivity index (χ4n) is 4.04. The van der Waals surface area contributed by atoms with E-state index in [9.17, 15) is 4.79 Å². The number of amides is 1. The Hall–Kier alpha value is -2.92. The Morgan fingerprint density at radius 2 is 1.73 bits per heavy atom. The van der Waals surface area contributed by atoms with Crippen LogP contribution < -0.4 is 5.32 Å². The molecule has 0 atom stereocenters. The third kappa shape index (κ3) is 4.62. The van der Waals surface area contributed by atoms with Gasteiger partial charge in [-0.15, -0.1) is 0 Å². The Bertz CT molecular complexity index is 989. The standard InChI is InChI=1S/C25H29N3O2/c1-18-12-14-28(15-13-18)17-22-11-7-6-10-21(22)16-26-25(29)23-19(2)30-27-24(23)20-8-4-3-5-9-20/h3-11,18H,12-17H2,1-2H3,(H,26,29). The van der Waals surface area contributed by atoms with Crippen molar-refractivity contribution in [2.24, 2.45) is 5.92 Å². The van der Waals surface area contributed by atoms with Gasteiger partial charge in [0.1, 0.15) is 17.0 Å². The number of piperidine rings is 1. The van der Waals surface area contributed by atoms with Gasteiger partial charge in [-0.1, -0.05) is 66.7 Å². The molecule has 0 aliphatic carbocycles. The molecule has 1 aliphatic rings. The summed E-state index contributed by atoms with van der Waals surface area (Å²) in [4.78, 5) is 15.5. The van der Waals surface area contributed by atoms with E-state index in [1.165, 1.54) is 18.4 Å².